The third-order valence-corrected chi connectivity index (χ3v) is 1.89. The van der Waals surface area contributed by atoms with Gasteiger partial charge < -0.3 is 9.64 Å². The number of hydrogen-bond acceptors (Lipinski definition) is 2. The minimum absolute atomic E-state index is 0.263. The van der Waals surface area contributed by atoms with E-state index >= 15 is 0 Å². The number of rotatable bonds is 2. The molecule has 1 amide bonds. The van der Waals surface area contributed by atoms with Crippen molar-refractivity contribution in [2.75, 3.05) is 20.2 Å². The van der Waals surface area contributed by atoms with E-state index in [1.165, 1.54) is 0 Å². The smallest absolute Gasteiger partial charge is 0.209 e. The van der Waals surface area contributed by atoms with Crippen LogP contribution in [-0.4, -0.2) is 37.6 Å². The summed E-state index contributed by atoms with van der Waals surface area (Å²) in [6.07, 6.45) is 3.31. The fourth-order valence-electron chi connectivity index (χ4n) is 1.25. The molecule has 1 heterocycles. The van der Waals surface area contributed by atoms with Crippen LogP contribution in [0.25, 0.3) is 0 Å². The van der Waals surface area contributed by atoms with E-state index in [1.54, 1.807) is 12.0 Å². The average molecular weight is 143 g/mol. The van der Waals surface area contributed by atoms with Crippen LogP contribution in [0.2, 0.25) is 0 Å². The molecule has 3 nitrogen and oxygen atoms in total. The molecule has 1 unspecified atom stereocenters. The van der Waals surface area contributed by atoms with Gasteiger partial charge in [0, 0.05) is 20.2 Å². The van der Waals surface area contributed by atoms with Gasteiger partial charge in [-0.15, -0.1) is 0 Å². The fraction of sp³-hybridized carbons (Fsp3) is 0.857. The standard InChI is InChI=1S/C7H13NO2/c1-10-7-3-2-4-8(5-7)6-9/h6-7H,2-5H2,1H3. The van der Waals surface area contributed by atoms with Gasteiger partial charge in [0.25, 0.3) is 0 Å². The summed E-state index contributed by atoms with van der Waals surface area (Å²) in [5.74, 6) is 0. The summed E-state index contributed by atoms with van der Waals surface area (Å²) in [4.78, 5) is 12.1. The van der Waals surface area contributed by atoms with E-state index < -0.39 is 0 Å². The fourth-order valence-corrected chi connectivity index (χ4v) is 1.25. The van der Waals surface area contributed by atoms with Crippen molar-refractivity contribution in [3.05, 3.63) is 0 Å². The molecule has 0 aromatic carbocycles. The summed E-state index contributed by atoms with van der Waals surface area (Å²) in [6.45, 7) is 1.66. The summed E-state index contributed by atoms with van der Waals surface area (Å²) in [6, 6.07) is 0. The van der Waals surface area contributed by atoms with E-state index in [2.05, 4.69) is 0 Å². The lowest BCUT2D eigenvalue weighted by Crippen LogP contribution is -2.38. The maximum absolute atomic E-state index is 10.3. The van der Waals surface area contributed by atoms with Crippen LogP contribution in [0.15, 0.2) is 0 Å². The number of carbonyl (C=O) groups is 1. The lowest BCUT2D eigenvalue weighted by atomic mass is 10.1. The van der Waals surface area contributed by atoms with Crippen LogP contribution >= 0.6 is 0 Å². The predicted molar refractivity (Wildman–Crippen MR) is 37.7 cm³/mol. The summed E-state index contributed by atoms with van der Waals surface area (Å²) in [7, 11) is 1.69. The Bertz CT molecular complexity index is 116. The Labute approximate surface area is 61.0 Å². The van der Waals surface area contributed by atoms with Gasteiger partial charge in [-0.2, -0.15) is 0 Å². The molecular weight excluding hydrogens is 130 g/mol. The van der Waals surface area contributed by atoms with Crippen LogP contribution < -0.4 is 0 Å². The third-order valence-electron chi connectivity index (χ3n) is 1.89. The van der Waals surface area contributed by atoms with E-state index in [0.717, 1.165) is 32.3 Å². The molecule has 0 radical (unpaired) electrons. The van der Waals surface area contributed by atoms with Crippen molar-refractivity contribution in [3.63, 3.8) is 0 Å². The number of hydrogen-bond donors (Lipinski definition) is 0. The van der Waals surface area contributed by atoms with Gasteiger partial charge in [0.2, 0.25) is 6.41 Å². The van der Waals surface area contributed by atoms with Crippen molar-refractivity contribution in [1.29, 1.82) is 0 Å². The molecule has 0 N–H and O–H groups in total. The highest BCUT2D eigenvalue weighted by Crippen LogP contribution is 2.09. The molecule has 0 aromatic rings. The molecule has 1 rings (SSSR count). The van der Waals surface area contributed by atoms with E-state index in [0.29, 0.717) is 0 Å². The SMILES string of the molecule is COC1CCCN(C=O)C1. The predicted octanol–water partition coefficient (Wildman–Crippen LogP) is 0.254. The second-order valence-corrected chi connectivity index (χ2v) is 2.60. The molecule has 0 aliphatic carbocycles. The molecule has 1 fully saturated rings. The molecule has 1 aliphatic heterocycles. The summed E-state index contributed by atoms with van der Waals surface area (Å²) >= 11 is 0. The highest BCUT2D eigenvalue weighted by Gasteiger charge is 2.17. The zero-order valence-corrected chi connectivity index (χ0v) is 6.25. The van der Waals surface area contributed by atoms with Crippen molar-refractivity contribution >= 4 is 6.41 Å². The largest absolute Gasteiger partial charge is 0.380 e. The van der Waals surface area contributed by atoms with E-state index in [-0.39, 0.29) is 6.10 Å². The maximum atomic E-state index is 10.3. The average Bonchev–Trinajstić information content (AvgIpc) is 2.05. The van der Waals surface area contributed by atoms with Gasteiger partial charge in [-0.05, 0) is 12.8 Å². The van der Waals surface area contributed by atoms with E-state index in [4.69, 9.17) is 4.74 Å². The lowest BCUT2D eigenvalue weighted by molar-refractivity contribution is -0.121. The van der Waals surface area contributed by atoms with E-state index in [9.17, 15) is 4.79 Å². The summed E-state index contributed by atoms with van der Waals surface area (Å²) in [5, 5.41) is 0. The molecule has 1 saturated heterocycles. The highest BCUT2D eigenvalue weighted by molar-refractivity contribution is 5.47. The number of likely N-dealkylation sites (tertiary alicyclic amines) is 1. The van der Waals surface area contributed by atoms with Crippen LogP contribution in [0.1, 0.15) is 12.8 Å². The van der Waals surface area contributed by atoms with Crippen molar-refractivity contribution in [3.8, 4) is 0 Å². The van der Waals surface area contributed by atoms with Gasteiger partial charge in [0.1, 0.15) is 0 Å². The van der Waals surface area contributed by atoms with Crippen LogP contribution in [0.3, 0.4) is 0 Å². The molecule has 58 valence electrons. The monoisotopic (exact) mass is 143 g/mol. The minimum atomic E-state index is 0.263. The molecule has 0 spiro atoms. The van der Waals surface area contributed by atoms with Crippen LogP contribution in [-0.2, 0) is 9.53 Å². The molecule has 1 aliphatic rings. The first kappa shape index (κ1) is 7.54. The summed E-state index contributed by atoms with van der Waals surface area (Å²) in [5.41, 5.74) is 0. The summed E-state index contributed by atoms with van der Waals surface area (Å²) < 4.78 is 5.12. The van der Waals surface area contributed by atoms with E-state index in [1.807, 2.05) is 0 Å². The van der Waals surface area contributed by atoms with Gasteiger partial charge in [-0.3, -0.25) is 4.79 Å². The number of carbonyl (C=O) groups excluding carboxylic acids is 1. The van der Waals surface area contributed by atoms with Gasteiger partial charge in [-0.1, -0.05) is 0 Å². The van der Waals surface area contributed by atoms with Crippen molar-refractivity contribution in [1.82, 2.24) is 4.90 Å². The second-order valence-electron chi connectivity index (χ2n) is 2.60. The van der Waals surface area contributed by atoms with Crippen molar-refractivity contribution in [2.24, 2.45) is 0 Å². The zero-order chi connectivity index (χ0) is 7.40. The first-order valence-corrected chi connectivity index (χ1v) is 3.59. The molecule has 1 atom stereocenters. The number of nitrogens with zero attached hydrogens (tertiary/aromatic N) is 1. The Morgan fingerprint density at radius 3 is 3.10 bits per heavy atom. The van der Waals surface area contributed by atoms with Gasteiger partial charge in [-0.25, -0.2) is 0 Å². The normalized spacial score (nSPS) is 26.5. The molecule has 3 heteroatoms. The Balaban J connectivity index is 2.31. The molecule has 10 heavy (non-hydrogen) atoms. The topological polar surface area (TPSA) is 29.5 Å². The number of amides is 1. The Hall–Kier alpha value is -0.570. The van der Waals surface area contributed by atoms with Crippen LogP contribution in [0, 0.1) is 0 Å². The molecule has 0 saturated carbocycles. The zero-order valence-electron chi connectivity index (χ0n) is 6.25. The Morgan fingerprint density at radius 1 is 1.70 bits per heavy atom. The second kappa shape index (κ2) is 3.56. The number of ether oxygens (including phenoxy) is 1. The number of methoxy groups -OCH3 is 1. The van der Waals surface area contributed by atoms with Gasteiger partial charge in [0.05, 0.1) is 6.10 Å². The molecular formula is C7H13NO2. The Kier molecular flexibility index (Phi) is 2.68. The quantitative estimate of drug-likeness (QED) is 0.519. The third kappa shape index (κ3) is 1.70. The van der Waals surface area contributed by atoms with Crippen molar-refractivity contribution < 1.29 is 9.53 Å². The maximum Gasteiger partial charge on any atom is 0.209 e. The Morgan fingerprint density at radius 2 is 2.50 bits per heavy atom. The van der Waals surface area contributed by atoms with Crippen LogP contribution in [0.4, 0.5) is 0 Å². The van der Waals surface area contributed by atoms with Crippen LogP contribution in [0.5, 0.6) is 0 Å². The van der Waals surface area contributed by atoms with Gasteiger partial charge in [0.15, 0.2) is 0 Å². The lowest BCUT2D eigenvalue weighted by Gasteiger charge is -2.28. The molecule has 0 aromatic heterocycles. The number of piperidine rings is 1. The minimum Gasteiger partial charge on any atom is -0.380 e. The highest BCUT2D eigenvalue weighted by atomic mass is 16.5. The van der Waals surface area contributed by atoms with Gasteiger partial charge >= 0.3 is 0 Å². The molecule has 0 bridgehead atoms. The first-order valence-electron chi connectivity index (χ1n) is 3.59. The first-order chi connectivity index (χ1) is 4.86. The van der Waals surface area contributed by atoms with Crippen molar-refractivity contribution in [2.45, 2.75) is 18.9 Å².